The number of H-pyrrole nitrogens is 3. The Labute approximate surface area is 283 Å². The van der Waals surface area contributed by atoms with E-state index in [4.69, 9.17) is 24.7 Å². The summed E-state index contributed by atoms with van der Waals surface area (Å²) in [7, 11) is 1.25. The molecule has 3 heterocycles. The van der Waals surface area contributed by atoms with E-state index in [-0.39, 0.29) is 74.9 Å². The Bertz CT molecular complexity index is 1590. The number of amides is 4. The molecule has 3 rings (SSSR count). The number of aromatic nitrogens is 6. The van der Waals surface area contributed by atoms with Gasteiger partial charge in [-0.3, -0.25) is 29.4 Å². The molecule has 50 heavy (non-hydrogen) atoms. The molecular weight excluding hydrogens is 668 g/mol. The quantitative estimate of drug-likeness (QED) is 0.0249. The summed E-state index contributed by atoms with van der Waals surface area (Å²) in [6.07, 6.45) is 1.82. The Morgan fingerprint density at radius 1 is 0.840 bits per heavy atom. The Hall–Kier alpha value is -5.78. The average molecular weight is 707 g/mol. The second-order valence-corrected chi connectivity index (χ2v) is 10.1. The molecular formula is C27H38N12O11. The third kappa shape index (κ3) is 13.0. The van der Waals surface area contributed by atoms with E-state index in [9.17, 15) is 34.1 Å². The van der Waals surface area contributed by atoms with Crippen LogP contribution in [0.5, 0.6) is 0 Å². The molecule has 0 spiro atoms. The van der Waals surface area contributed by atoms with Gasteiger partial charge in [0.15, 0.2) is 17.3 Å². The lowest BCUT2D eigenvalue weighted by Crippen LogP contribution is -2.43. The van der Waals surface area contributed by atoms with Crippen molar-refractivity contribution in [3.05, 3.63) is 45.4 Å². The summed E-state index contributed by atoms with van der Waals surface area (Å²) in [6.45, 7) is 1.45. The van der Waals surface area contributed by atoms with Crippen LogP contribution in [-0.4, -0.2) is 131 Å². The van der Waals surface area contributed by atoms with Gasteiger partial charge in [-0.1, -0.05) is 5.10 Å². The van der Waals surface area contributed by atoms with Gasteiger partial charge in [0.25, 0.3) is 17.7 Å². The number of hydrogen-bond acceptors (Lipinski definition) is 15. The monoisotopic (exact) mass is 706 g/mol. The molecule has 0 aromatic carbocycles. The number of carbonyl (C=O) groups excluding carboxylic acids is 5. The number of nitro groups is 1. The summed E-state index contributed by atoms with van der Waals surface area (Å²) in [5.74, 6) is -3.44. The molecule has 0 saturated heterocycles. The summed E-state index contributed by atoms with van der Waals surface area (Å²) in [4.78, 5) is 71.0. The van der Waals surface area contributed by atoms with Gasteiger partial charge in [0.2, 0.25) is 5.91 Å². The van der Waals surface area contributed by atoms with Gasteiger partial charge < -0.3 is 56.1 Å². The molecule has 0 radical (unpaired) electrons. The second kappa shape index (κ2) is 20.6. The van der Waals surface area contributed by atoms with Gasteiger partial charge in [-0.15, -0.1) is 5.10 Å². The van der Waals surface area contributed by atoms with E-state index < -0.39 is 46.4 Å². The molecule has 9 N–H and O–H groups in total. The first kappa shape index (κ1) is 38.7. The number of ether oxygens (including phenoxy) is 4. The summed E-state index contributed by atoms with van der Waals surface area (Å²) in [5.41, 5.74) is 5.21. The van der Waals surface area contributed by atoms with Crippen molar-refractivity contribution in [1.82, 2.24) is 41.2 Å². The number of unbranched alkanes of at least 4 members (excludes halogenated alkanes) is 1. The number of methoxy groups -OCH3 is 1. The third-order valence-electron chi connectivity index (χ3n) is 6.40. The average Bonchev–Trinajstić information content (AvgIpc) is 3.88. The number of nitrogens with zero attached hydrogens (tertiary/aromatic N) is 4. The fourth-order valence-electron chi connectivity index (χ4n) is 3.95. The molecule has 1 atom stereocenters. The van der Waals surface area contributed by atoms with E-state index in [1.54, 1.807) is 0 Å². The molecule has 23 nitrogen and oxygen atoms in total. The van der Waals surface area contributed by atoms with Crippen LogP contribution in [0.2, 0.25) is 0 Å². The lowest BCUT2D eigenvalue weighted by atomic mass is 10.1. The molecule has 3 aromatic heterocycles. The zero-order chi connectivity index (χ0) is 36.3. The summed E-state index contributed by atoms with van der Waals surface area (Å²) in [6, 6.07) is 2.70. The fourth-order valence-corrected chi connectivity index (χ4v) is 3.95. The van der Waals surface area contributed by atoms with Crippen molar-refractivity contribution in [1.29, 1.82) is 0 Å². The van der Waals surface area contributed by atoms with Crippen molar-refractivity contribution in [2.24, 2.45) is 5.73 Å². The maximum atomic E-state index is 12.5. The Kier molecular flexibility index (Phi) is 15.9. The highest BCUT2D eigenvalue weighted by Gasteiger charge is 2.21. The van der Waals surface area contributed by atoms with Gasteiger partial charge in [-0.2, -0.15) is 10.2 Å². The predicted octanol–water partition coefficient (Wildman–Crippen LogP) is -1.16. The van der Waals surface area contributed by atoms with E-state index in [1.807, 2.05) is 0 Å². The maximum Gasteiger partial charge on any atom is 0.343 e. The zero-order valence-corrected chi connectivity index (χ0v) is 26.9. The van der Waals surface area contributed by atoms with Crippen LogP contribution >= 0.6 is 0 Å². The van der Waals surface area contributed by atoms with Crippen LogP contribution in [-0.2, 0) is 28.5 Å². The zero-order valence-electron chi connectivity index (χ0n) is 26.9. The third-order valence-corrected chi connectivity index (χ3v) is 6.40. The van der Waals surface area contributed by atoms with Crippen LogP contribution in [0.4, 0.5) is 17.5 Å². The number of aromatic amines is 3. The Morgan fingerprint density at radius 3 is 2.08 bits per heavy atom. The van der Waals surface area contributed by atoms with E-state index in [1.165, 1.54) is 19.2 Å². The summed E-state index contributed by atoms with van der Waals surface area (Å²) >= 11 is 0. The molecule has 0 unspecified atom stereocenters. The molecule has 4 amide bonds. The molecule has 0 saturated carbocycles. The van der Waals surface area contributed by atoms with Crippen LogP contribution in [0, 0.1) is 10.1 Å². The normalized spacial score (nSPS) is 11.4. The minimum Gasteiger partial charge on any atom is -0.467 e. The molecule has 0 fully saturated rings. The highest BCUT2D eigenvalue weighted by Crippen LogP contribution is 2.13. The topological polar surface area (TPSA) is 326 Å². The number of hydrogen-bond donors (Lipinski definition) is 8. The summed E-state index contributed by atoms with van der Waals surface area (Å²) in [5, 5.41) is 39.0. The fraction of sp³-hybridized carbons (Fsp3) is 0.481. The minimum absolute atomic E-state index is 0.0332. The van der Waals surface area contributed by atoms with Crippen LogP contribution in [0.1, 0.15) is 50.7 Å². The molecule has 0 aliphatic carbocycles. The second-order valence-electron chi connectivity index (χ2n) is 10.1. The van der Waals surface area contributed by atoms with Gasteiger partial charge in [-0.05, 0) is 30.7 Å². The highest BCUT2D eigenvalue weighted by molar-refractivity contribution is 6.05. The largest absolute Gasteiger partial charge is 0.467 e. The number of nitrogens with one attached hydrogen (secondary N) is 7. The van der Waals surface area contributed by atoms with Crippen molar-refractivity contribution in [2.75, 3.05) is 70.5 Å². The number of nitrogens with two attached hydrogens (primary N) is 1. The lowest BCUT2D eigenvalue weighted by molar-refractivity contribution is -0.389. The SMILES string of the molecule is COC(=O)[C@H](CCCCN)NC(=O)COCCOCCOCCNC(=O)c1cc(NC(=O)c2cc(NC(=O)c3cc([N+](=O)[O-])[nH]n3)n[nH]2)n[nH]1. The highest BCUT2D eigenvalue weighted by atomic mass is 16.6. The van der Waals surface area contributed by atoms with Crippen molar-refractivity contribution >= 4 is 47.1 Å². The van der Waals surface area contributed by atoms with Gasteiger partial charge >= 0.3 is 11.8 Å². The number of rotatable bonds is 23. The number of esters is 1. The van der Waals surface area contributed by atoms with E-state index in [2.05, 4.69) is 51.9 Å². The Morgan fingerprint density at radius 2 is 1.46 bits per heavy atom. The van der Waals surface area contributed by atoms with Crippen LogP contribution in [0.15, 0.2) is 18.2 Å². The molecule has 23 heteroatoms. The first-order chi connectivity index (χ1) is 24.1. The van der Waals surface area contributed by atoms with Crippen LogP contribution < -0.4 is 27.0 Å². The predicted molar refractivity (Wildman–Crippen MR) is 170 cm³/mol. The lowest BCUT2D eigenvalue weighted by Gasteiger charge is -2.16. The first-order valence-corrected chi connectivity index (χ1v) is 15.1. The van der Waals surface area contributed by atoms with Crippen LogP contribution in [0.25, 0.3) is 0 Å². The van der Waals surface area contributed by atoms with Crippen LogP contribution in [0.3, 0.4) is 0 Å². The first-order valence-electron chi connectivity index (χ1n) is 15.1. The Balaban J connectivity index is 1.24. The van der Waals surface area contributed by atoms with E-state index >= 15 is 0 Å². The minimum atomic E-state index is -0.793. The van der Waals surface area contributed by atoms with Gasteiger partial charge in [0.05, 0.1) is 46.2 Å². The van der Waals surface area contributed by atoms with Gasteiger partial charge in [0.1, 0.15) is 24.0 Å². The van der Waals surface area contributed by atoms with Crippen molar-refractivity contribution in [3.8, 4) is 0 Å². The maximum absolute atomic E-state index is 12.5. The van der Waals surface area contributed by atoms with Crippen molar-refractivity contribution < 1.29 is 47.8 Å². The van der Waals surface area contributed by atoms with E-state index in [0.29, 0.717) is 19.4 Å². The standard InChI is InChI=1S/C27H38N12O11/c1-47-27(44)16(4-2-3-5-28)30-23(40)15-50-11-10-49-9-8-48-7-6-29-24(41)17-12-20(36-33-17)31-25(42)18-13-21(37-34-18)32-26(43)19-14-22(38-35-19)39(45)46/h12-14,16H,2-11,15,28H2,1H3,(H,29,41)(H,30,40)(H,35,38)(H2,31,33,36,42)(H2,32,34,37,43)/t16-/m0/s1. The van der Waals surface area contributed by atoms with Gasteiger partial charge in [-0.25, -0.2) is 4.79 Å². The molecule has 0 bridgehead atoms. The molecule has 0 aliphatic rings. The van der Waals surface area contributed by atoms with E-state index in [0.717, 1.165) is 12.5 Å². The number of carbonyl (C=O) groups is 5. The summed E-state index contributed by atoms with van der Waals surface area (Å²) < 4.78 is 20.7. The molecule has 3 aromatic rings. The number of anilines is 2. The van der Waals surface area contributed by atoms with Gasteiger partial charge in [0, 0.05) is 18.7 Å². The molecule has 0 aliphatic heterocycles. The molecule has 272 valence electrons. The van der Waals surface area contributed by atoms with Crippen molar-refractivity contribution in [2.45, 2.75) is 25.3 Å². The van der Waals surface area contributed by atoms with Crippen molar-refractivity contribution in [3.63, 3.8) is 0 Å². The smallest absolute Gasteiger partial charge is 0.343 e.